The Hall–Kier alpha value is -4.62. The number of benzene rings is 1. The van der Waals surface area contributed by atoms with Crippen LogP contribution in [0.5, 0.6) is 0 Å². The minimum atomic E-state index is -1.10. The lowest BCUT2D eigenvalue weighted by molar-refractivity contribution is -0.143. The number of methoxy groups -OCH3 is 1. The Balaban J connectivity index is 1.62. The molecule has 2 atom stereocenters. The second-order valence-corrected chi connectivity index (χ2v) is 7.64. The fraction of sp³-hybridized carbons (Fsp3) is 0.333. The molecule has 1 aromatic heterocycles. The van der Waals surface area contributed by atoms with Gasteiger partial charge >= 0.3 is 11.9 Å². The van der Waals surface area contributed by atoms with E-state index in [1.165, 1.54) is 17.0 Å². The minimum Gasteiger partial charge on any atom is -0.481 e. The van der Waals surface area contributed by atoms with Crippen LogP contribution < -0.4 is 32.1 Å². The van der Waals surface area contributed by atoms with Crippen LogP contribution >= 0.6 is 0 Å². The highest BCUT2D eigenvalue weighted by Crippen LogP contribution is 2.25. The number of aromatic amines is 1. The van der Waals surface area contributed by atoms with Crippen molar-refractivity contribution in [3.63, 3.8) is 0 Å². The quantitative estimate of drug-likeness (QED) is 0.183. The predicted molar refractivity (Wildman–Crippen MR) is 125 cm³/mol. The number of anilines is 4. The highest BCUT2D eigenvalue weighted by molar-refractivity contribution is 5.97. The number of carboxylic acid groups (broad SMARTS) is 1. The van der Waals surface area contributed by atoms with E-state index in [9.17, 15) is 24.0 Å². The number of aliphatic carboxylic acids is 1. The molecule has 0 radical (unpaired) electrons. The van der Waals surface area contributed by atoms with Gasteiger partial charge in [0.2, 0.25) is 12.4 Å². The Labute approximate surface area is 198 Å². The van der Waals surface area contributed by atoms with Crippen molar-refractivity contribution < 1.29 is 29.0 Å². The van der Waals surface area contributed by atoms with Gasteiger partial charge in [-0.05, 0) is 30.7 Å². The van der Waals surface area contributed by atoms with Crippen LogP contribution in [0.2, 0.25) is 0 Å². The fourth-order valence-electron chi connectivity index (χ4n) is 3.53. The number of esters is 1. The van der Waals surface area contributed by atoms with Crippen molar-refractivity contribution in [1.29, 1.82) is 0 Å². The van der Waals surface area contributed by atoms with E-state index in [-0.39, 0.29) is 42.4 Å². The number of carbonyl (C=O) groups excluding carboxylic acids is 3. The highest BCUT2D eigenvalue weighted by Gasteiger charge is 2.30. The molecule has 2 amide bonds. The van der Waals surface area contributed by atoms with E-state index < -0.39 is 35.5 Å². The summed E-state index contributed by atoms with van der Waals surface area (Å²) in [5.41, 5.74) is 5.96. The van der Waals surface area contributed by atoms with E-state index in [1.54, 1.807) is 12.1 Å². The summed E-state index contributed by atoms with van der Waals surface area (Å²) in [6, 6.07) is 4.79. The summed E-state index contributed by atoms with van der Waals surface area (Å²) < 4.78 is 4.62. The van der Waals surface area contributed by atoms with Gasteiger partial charge in [0, 0.05) is 30.8 Å². The fourth-order valence-corrected chi connectivity index (χ4v) is 3.53. The van der Waals surface area contributed by atoms with Gasteiger partial charge in [0.05, 0.1) is 13.2 Å². The lowest BCUT2D eigenvalue weighted by Crippen LogP contribution is -2.50. The number of aromatic nitrogens is 2. The molecule has 0 saturated carbocycles. The molecule has 186 valence electrons. The van der Waals surface area contributed by atoms with Crippen LogP contribution in [0.25, 0.3) is 0 Å². The van der Waals surface area contributed by atoms with Crippen LogP contribution in [0.1, 0.15) is 23.2 Å². The van der Waals surface area contributed by atoms with Gasteiger partial charge in [-0.25, -0.2) is 4.79 Å². The van der Waals surface area contributed by atoms with Crippen LogP contribution in [0, 0.1) is 0 Å². The lowest BCUT2D eigenvalue weighted by Gasteiger charge is -2.34. The van der Waals surface area contributed by atoms with Gasteiger partial charge < -0.3 is 36.4 Å². The number of nitrogens with one attached hydrogen (secondary N) is 4. The molecule has 1 aliphatic rings. The summed E-state index contributed by atoms with van der Waals surface area (Å²) in [4.78, 5) is 66.7. The molecule has 35 heavy (non-hydrogen) atoms. The van der Waals surface area contributed by atoms with Crippen LogP contribution in [0.4, 0.5) is 23.1 Å². The third-order valence-electron chi connectivity index (χ3n) is 5.31. The van der Waals surface area contributed by atoms with Gasteiger partial charge in [-0.2, -0.15) is 4.98 Å². The van der Waals surface area contributed by atoms with E-state index in [1.807, 2.05) is 0 Å². The summed E-state index contributed by atoms with van der Waals surface area (Å²) in [6.45, 7) is 0.598. The van der Waals surface area contributed by atoms with Gasteiger partial charge in [-0.1, -0.05) is 0 Å². The zero-order valence-electron chi connectivity index (χ0n) is 18.7. The number of carboxylic acids is 1. The zero-order valence-corrected chi connectivity index (χ0v) is 18.7. The van der Waals surface area contributed by atoms with Crippen molar-refractivity contribution in [2.75, 3.05) is 41.5 Å². The van der Waals surface area contributed by atoms with Crippen molar-refractivity contribution in [2.45, 2.75) is 24.9 Å². The van der Waals surface area contributed by atoms with Crippen molar-refractivity contribution >= 4 is 47.4 Å². The van der Waals surface area contributed by atoms with Crippen LogP contribution in [0.3, 0.4) is 0 Å². The second kappa shape index (κ2) is 11.0. The van der Waals surface area contributed by atoms with E-state index >= 15 is 0 Å². The summed E-state index contributed by atoms with van der Waals surface area (Å²) >= 11 is 0. The van der Waals surface area contributed by atoms with E-state index in [0.29, 0.717) is 18.6 Å². The molecule has 14 heteroatoms. The maximum absolute atomic E-state index is 12.5. The minimum absolute atomic E-state index is 0.0624. The molecule has 14 nitrogen and oxygen atoms in total. The third-order valence-corrected chi connectivity index (χ3v) is 5.31. The summed E-state index contributed by atoms with van der Waals surface area (Å²) in [7, 11) is 1.15. The highest BCUT2D eigenvalue weighted by atomic mass is 16.5. The van der Waals surface area contributed by atoms with Crippen LogP contribution in [-0.2, 0) is 19.1 Å². The van der Waals surface area contributed by atoms with Gasteiger partial charge in [0.15, 0.2) is 11.5 Å². The number of hydrogen-bond acceptors (Lipinski definition) is 10. The number of H-pyrrole nitrogens is 1. The first-order valence-corrected chi connectivity index (χ1v) is 10.5. The Kier molecular flexibility index (Phi) is 7.86. The molecular formula is C21H25N7O7. The number of nitrogens with two attached hydrogens (primary N) is 1. The molecule has 2 heterocycles. The number of ether oxygens (including phenoxy) is 1. The van der Waals surface area contributed by atoms with Crippen LogP contribution in [0.15, 0.2) is 29.1 Å². The van der Waals surface area contributed by atoms with Gasteiger partial charge in [-0.3, -0.25) is 24.2 Å². The van der Waals surface area contributed by atoms with E-state index in [2.05, 4.69) is 30.7 Å². The molecule has 0 saturated heterocycles. The number of nitrogen functional groups attached to an aromatic ring is 1. The number of fused-ring (bicyclic) bond motifs is 1. The molecule has 1 aliphatic heterocycles. The smallest absolute Gasteiger partial charge is 0.328 e. The van der Waals surface area contributed by atoms with E-state index in [0.717, 1.165) is 7.11 Å². The van der Waals surface area contributed by atoms with E-state index in [4.69, 9.17) is 10.8 Å². The molecule has 3 rings (SSSR count). The standard InChI is InChI=1S/C21H25N7O7/c1-35-20(34)14(6-7-15(30)31)25-18(32)11-2-4-12(5-3-11)23-8-13-9-24-17-16(28(13)10-29)19(33)27-21(22)26-17/h2-5,10,13-14,23H,6-9H2,1H3,(H,25,32)(H,30,31)(H4,22,24,26,27,33). The van der Waals surface area contributed by atoms with Gasteiger partial charge in [0.25, 0.3) is 11.5 Å². The molecule has 0 bridgehead atoms. The normalized spacial score (nSPS) is 15.2. The number of amides is 2. The average Bonchev–Trinajstić information content (AvgIpc) is 2.84. The van der Waals surface area contributed by atoms with Crippen molar-refractivity contribution in [3.05, 3.63) is 40.2 Å². The Morgan fingerprint density at radius 1 is 1.34 bits per heavy atom. The summed E-state index contributed by atoms with van der Waals surface area (Å²) in [5, 5.41) is 17.4. The van der Waals surface area contributed by atoms with Crippen LogP contribution in [-0.4, -0.2) is 71.6 Å². The molecule has 2 unspecified atom stereocenters. The summed E-state index contributed by atoms with van der Waals surface area (Å²) in [5.74, 6) is -2.25. The largest absolute Gasteiger partial charge is 0.481 e. The maximum atomic E-state index is 12.5. The Bertz CT molecular complexity index is 1170. The maximum Gasteiger partial charge on any atom is 0.328 e. The SMILES string of the molecule is COC(=O)C(CCC(=O)O)NC(=O)c1ccc(NCC2CNc3nc(N)[nH]c(=O)c3N2C=O)cc1. The summed E-state index contributed by atoms with van der Waals surface area (Å²) in [6.07, 6.45) is 0.134. The molecule has 0 fully saturated rings. The molecule has 7 N–H and O–H groups in total. The number of carbonyl (C=O) groups is 4. The Morgan fingerprint density at radius 2 is 2.06 bits per heavy atom. The third kappa shape index (κ3) is 6.04. The molecule has 0 aliphatic carbocycles. The van der Waals surface area contributed by atoms with Gasteiger partial charge in [0.1, 0.15) is 6.04 Å². The Morgan fingerprint density at radius 3 is 2.69 bits per heavy atom. The molecule has 0 spiro atoms. The first-order valence-electron chi connectivity index (χ1n) is 10.5. The number of hydrogen-bond donors (Lipinski definition) is 6. The monoisotopic (exact) mass is 487 g/mol. The molecule has 1 aromatic carbocycles. The lowest BCUT2D eigenvalue weighted by atomic mass is 10.1. The topological polar surface area (TPSA) is 209 Å². The molecular weight excluding hydrogens is 462 g/mol. The second-order valence-electron chi connectivity index (χ2n) is 7.64. The number of rotatable bonds is 10. The molecule has 2 aromatic rings. The predicted octanol–water partition coefficient (Wildman–Crippen LogP) is -0.643. The first kappa shape index (κ1) is 25.0. The van der Waals surface area contributed by atoms with Crippen molar-refractivity contribution in [2.24, 2.45) is 0 Å². The van der Waals surface area contributed by atoms with Crippen molar-refractivity contribution in [3.8, 4) is 0 Å². The number of nitrogens with zero attached hydrogens (tertiary/aromatic N) is 2. The van der Waals surface area contributed by atoms with Crippen molar-refractivity contribution in [1.82, 2.24) is 15.3 Å². The average molecular weight is 487 g/mol. The van der Waals surface area contributed by atoms with Gasteiger partial charge in [-0.15, -0.1) is 0 Å². The first-order chi connectivity index (χ1) is 16.7. The zero-order chi connectivity index (χ0) is 25.5.